The van der Waals surface area contributed by atoms with Crippen LogP contribution in [0.1, 0.15) is 34.7 Å². The van der Waals surface area contributed by atoms with Gasteiger partial charge in [-0.1, -0.05) is 12.1 Å². The fourth-order valence-electron chi connectivity index (χ4n) is 5.61. The number of anilines is 1. The molecule has 0 spiro atoms. The van der Waals surface area contributed by atoms with Crippen molar-refractivity contribution in [3.63, 3.8) is 0 Å². The summed E-state index contributed by atoms with van der Waals surface area (Å²) < 4.78 is 10.9. The van der Waals surface area contributed by atoms with Crippen LogP contribution in [0, 0.1) is 0 Å². The van der Waals surface area contributed by atoms with Crippen LogP contribution in [0.5, 0.6) is 5.75 Å². The average Bonchev–Trinajstić information content (AvgIpc) is 3.39. The Morgan fingerprint density at radius 1 is 0.886 bits per heavy atom. The van der Waals surface area contributed by atoms with Gasteiger partial charge in [0.05, 0.1) is 32.3 Å². The van der Waals surface area contributed by atoms with Crippen LogP contribution in [-0.2, 0) is 30.7 Å². The van der Waals surface area contributed by atoms with Crippen LogP contribution >= 0.6 is 11.3 Å². The van der Waals surface area contributed by atoms with E-state index in [1.807, 2.05) is 11.3 Å². The van der Waals surface area contributed by atoms with Gasteiger partial charge in [0.15, 0.2) is 0 Å². The second-order valence-electron chi connectivity index (χ2n) is 9.85. The molecule has 0 atom stereocenters. The van der Waals surface area contributed by atoms with Gasteiger partial charge in [-0.15, -0.1) is 11.3 Å². The predicted octanol–water partition coefficient (Wildman–Crippen LogP) is 3.73. The number of nitrogens with zero attached hydrogens (tertiary/aromatic N) is 5. The number of aromatic nitrogens is 2. The lowest BCUT2D eigenvalue weighted by atomic mass is 10.1. The molecule has 6 rings (SSSR count). The van der Waals surface area contributed by atoms with E-state index >= 15 is 0 Å². The van der Waals surface area contributed by atoms with Gasteiger partial charge in [0.2, 0.25) is 0 Å². The monoisotopic (exact) mass is 493 g/mol. The minimum absolute atomic E-state index is 0.804. The molecule has 2 aliphatic heterocycles. The molecule has 3 aliphatic rings. The second-order valence-corrected chi connectivity index (χ2v) is 10.9. The van der Waals surface area contributed by atoms with E-state index < -0.39 is 0 Å². The summed E-state index contributed by atoms with van der Waals surface area (Å²) in [6.45, 7) is 9.53. The maximum atomic E-state index is 5.55. The van der Waals surface area contributed by atoms with Gasteiger partial charge < -0.3 is 14.4 Å². The molecular weight excluding hydrogens is 458 g/mol. The molecule has 1 aliphatic carbocycles. The van der Waals surface area contributed by atoms with E-state index in [1.165, 1.54) is 51.3 Å². The van der Waals surface area contributed by atoms with Gasteiger partial charge in [-0.2, -0.15) is 0 Å². The Kier molecular flexibility index (Phi) is 6.87. The molecule has 0 unspecified atom stereocenters. The smallest absolute Gasteiger partial charge is 0.146 e. The Morgan fingerprint density at radius 2 is 1.71 bits per heavy atom. The van der Waals surface area contributed by atoms with Gasteiger partial charge in [-0.05, 0) is 48.9 Å². The summed E-state index contributed by atoms with van der Waals surface area (Å²) in [5, 5.41) is 1.34. The molecule has 35 heavy (non-hydrogen) atoms. The summed E-state index contributed by atoms with van der Waals surface area (Å²) in [5.74, 6) is 3.07. The van der Waals surface area contributed by atoms with E-state index in [0.29, 0.717) is 0 Å². The summed E-state index contributed by atoms with van der Waals surface area (Å²) in [7, 11) is 1.72. The van der Waals surface area contributed by atoms with Crippen molar-refractivity contribution in [1.29, 1.82) is 0 Å². The lowest BCUT2D eigenvalue weighted by molar-refractivity contribution is 0.0331. The van der Waals surface area contributed by atoms with E-state index in [-0.39, 0.29) is 0 Å². The first-order valence-electron chi connectivity index (χ1n) is 13.0. The SMILES string of the molecule is COc1ccc(CN2CCCN(c3nc(CN4CCOCC4)nc4sc5c(c34)CCC5)CC2)cc1. The van der Waals surface area contributed by atoms with Gasteiger partial charge in [0.25, 0.3) is 0 Å². The normalized spacial score (nSPS) is 19.7. The van der Waals surface area contributed by atoms with Crippen LogP contribution in [0.3, 0.4) is 0 Å². The Bertz CT molecular complexity index is 1160. The van der Waals surface area contributed by atoms with Crippen LogP contribution in [0.4, 0.5) is 5.82 Å². The highest BCUT2D eigenvalue weighted by atomic mass is 32.1. The topological polar surface area (TPSA) is 54.0 Å². The lowest BCUT2D eigenvalue weighted by Gasteiger charge is -2.27. The number of benzene rings is 1. The third kappa shape index (κ3) is 5.03. The Morgan fingerprint density at radius 3 is 2.54 bits per heavy atom. The molecule has 0 radical (unpaired) electrons. The molecule has 186 valence electrons. The quantitative estimate of drug-likeness (QED) is 0.519. The van der Waals surface area contributed by atoms with Crippen molar-refractivity contribution in [2.45, 2.75) is 38.8 Å². The molecule has 2 aromatic heterocycles. The molecule has 0 amide bonds. The Balaban J connectivity index is 1.24. The highest BCUT2D eigenvalue weighted by Gasteiger charge is 2.26. The van der Waals surface area contributed by atoms with Gasteiger partial charge >= 0.3 is 0 Å². The number of morpholine rings is 1. The maximum absolute atomic E-state index is 5.55. The minimum Gasteiger partial charge on any atom is -0.497 e. The molecule has 7 nitrogen and oxygen atoms in total. The number of methoxy groups -OCH3 is 1. The molecular formula is C27H35N5O2S. The summed E-state index contributed by atoms with van der Waals surface area (Å²) in [5.41, 5.74) is 2.87. The number of fused-ring (bicyclic) bond motifs is 3. The predicted molar refractivity (Wildman–Crippen MR) is 141 cm³/mol. The zero-order valence-electron chi connectivity index (χ0n) is 20.7. The van der Waals surface area contributed by atoms with Gasteiger partial charge in [0.1, 0.15) is 22.2 Å². The number of rotatable bonds is 6. The van der Waals surface area contributed by atoms with E-state index in [4.69, 9.17) is 19.4 Å². The number of aryl methyl sites for hydroxylation is 2. The Labute approximate surface area is 211 Å². The van der Waals surface area contributed by atoms with Crippen LogP contribution in [0.2, 0.25) is 0 Å². The van der Waals surface area contributed by atoms with Crippen molar-refractivity contribution in [1.82, 2.24) is 19.8 Å². The van der Waals surface area contributed by atoms with E-state index in [9.17, 15) is 0 Å². The first-order chi connectivity index (χ1) is 17.3. The fourth-order valence-corrected chi connectivity index (χ4v) is 6.88. The standard InChI is InChI=1S/C27H35N5O2S/c1-33-21-8-6-20(7-9-21)18-30-10-3-11-32(13-12-30)26-25-22-4-2-5-23(22)35-27(25)29-24(28-26)19-31-14-16-34-17-15-31/h6-9H,2-5,10-19H2,1H3. The Hall–Kier alpha value is -2.26. The third-order valence-corrected chi connectivity index (χ3v) is 8.70. The van der Waals surface area contributed by atoms with Crippen molar-refractivity contribution in [2.24, 2.45) is 0 Å². The molecule has 2 saturated heterocycles. The van der Waals surface area contributed by atoms with E-state index in [2.05, 4.69) is 39.0 Å². The number of ether oxygens (including phenoxy) is 2. The van der Waals surface area contributed by atoms with Crippen molar-refractivity contribution in [3.05, 3.63) is 46.1 Å². The molecule has 3 aromatic rings. The largest absolute Gasteiger partial charge is 0.497 e. The molecule has 4 heterocycles. The molecule has 1 aromatic carbocycles. The molecule has 2 fully saturated rings. The number of hydrogen-bond donors (Lipinski definition) is 0. The molecule has 0 N–H and O–H groups in total. The highest BCUT2D eigenvalue weighted by Crippen LogP contribution is 2.41. The zero-order chi connectivity index (χ0) is 23.6. The fraction of sp³-hybridized carbons (Fsp3) is 0.556. The second kappa shape index (κ2) is 10.4. The highest BCUT2D eigenvalue weighted by molar-refractivity contribution is 7.19. The van der Waals surface area contributed by atoms with Crippen LogP contribution in [0.25, 0.3) is 10.2 Å². The zero-order valence-corrected chi connectivity index (χ0v) is 21.5. The van der Waals surface area contributed by atoms with Crippen LogP contribution in [0.15, 0.2) is 24.3 Å². The minimum atomic E-state index is 0.804. The summed E-state index contributed by atoms with van der Waals surface area (Å²) >= 11 is 1.91. The van der Waals surface area contributed by atoms with Gasteiger partial charge in [-0.3, -0.25) is 9.80 Å². The summed E-state index contributed by atoms with van der Waals surface area (Å²) in [4.78, 5) is 20.6. The molecule has 8 heteroatoms. The van der Waals surface area contributed by atoms with E-state index in [1.54, 1.807) is 7.11 Å². The molecule has 0 bridgehead atoms. The van der Waals surface area contributed by atoms with Crippen molar-refractivity contribution in [3.8, 4) is 5.75 Å². The number of hydrogen-bond acceptors (Lipinski definition) is 8. The summed E-state index contributed by atoms with van der Waals surface area (Å²) in [6, 6.07) is 8.48. The van der Waals surface area contributed by atoms with Crippen molar-refractivity contribution >= 4 is 27.4 Å². The first-order valence-corrected chi connectivity index (χ1v) is 13.8. The first kappa shape index (κ1) is 23.2. The maximum Gasteiger partial charge on any atom is 0.146 e. The summed E-state index contributed by atoms with van der Waals surface area (Å²) in [6.07, 6.45) is 4.78. The van der Waals surface area contributed by atoms with Gasteiger partial charge in [-0.25, -0.2) is 9.97 Å². The van der Waals surface area contributed by atoms with Crippen LogP contribution < -0.4 is 9.64 Å². The lowest BCUT2D eigenvalue weighted by Crippen LogP contribution is -2.36. The van der Waals surface area contributed by atoms with Gasteiger partial charge in [0, 0.05) is 50.7 Å². The average molecular weight is 494 g/mol. The van der Waals surface area contributed by atoms with Crippen molar-refractivity contribution < 1.29 is 9.47 Å². The van der Waals surface area contributed by atoms with E-state index in [0.717, 1.165) is 83.6 Å². The third-order valence-electron chi connectivity index (χ3n) is 7.51. The number of thiophene rings is 1. The van der Waals surface area contributed by atoms with Crippen LogP contribution in [-0.4, -0.2) is 79.4 Å². The molecule has 0 saturated carbocycles. The van der Waals surface area contributed by atoms with Crippen molar-refractivity contribution in [2.75, 3.05) is 64.5 Å².